The van der Waals surface area contributed by atoms with Gasteiger partial charge in [-0.05, 0) is 44.0 Å². The highest BCUT2D eigenvalue weighted by atomic mass is 16.3. The van der Waals surface area contributed by atoms with Gasteiger partial charge in [-0.3, -0.25) is 4.79 Å². The highest BCUT2D eigenvalue weighted by Crippen LogP contribution is 2.17. The molecule has 3 rings (SSSR count). The molecule has 0 aliphatic carbocycles. The summed E-state index contributed by atoms with van der Waals surface area (Å²) in [6.07, 6.45) is 3.24. The van der Waals surface area contributed by atoms with Crippen molar-refractivity contribution in [3.05, 3.63) is 47.3 Å². The van der Waals surface area contributed by atoms with Gasteiger partial charge in [0.25, 0.3) is 5.91 Å². The summed E-state index contributed by atoms with van der Waals surface area (Å²) in [5.74, 6) is -0.227. The van der Waals surface area contributed by atoms with Crippen LogP contribution in [-0.4, -0.2) is 39.1 Å². The van der Waals surface area contributed by atoms with E-state index < -0.39 is 6.10 Å². The van der Waals surface area contributed by atoms with Crippen molar-refractivity contribution in [2.24, 2.45) is 0 Å². The molecule has 2 heterocycles. The van der Waals surface area contributed by atoms with Crippen molar-refractivity contribution in [1.82, 2.24) is 25.6 Å². The van der Waals surface area contributed by atoms with E-state index in [0.29, 0.717) is 18.3 Å². The number of hydrogen-bond acceptors (Lipinski definition) is 5. The first-order valence-electron chi connectivity index (χ1n) is 8.31. The van der Waals surface area contributed by atoms with Crippen LogP contribution in [0.5, 0.6) is 0 Å². The van der Waals surface area contributed by atoms with E-state index in [1.807, 2.05) is 24.3 Å². The Hall–Kier alpha value is -2.25. The Morgan fingerprint density at radius 3 is 2.75 bits per heavy atom. The average Bonchev–Trinajstić information content (AvgIpc) is 3.11. The van der Waals surface area contributed by atoms with Crippen LogP contribution < -0.4 is 10.6 Å². The molecule has 0 radical (unpaired) electrons. The Bertz CT molecular complexity index is 675. The number of hydrogen-bond donors (Lipinski definition) is 3. The van der Waals surface area contributed by atoms with Gasteiger partial charge >= 0.3 is 0 Å². The van der Waals surface area contributed by atoms with Gasteiger partial charge in [0.2, 0.25) is 0 Å². The van der Waals surface area contributed by atoms with Crippen LogP contribution in [0.1, 0.15) is 53.5 Å². The van der Waals surface area contributed by atoms with Gasteiger partial charge < -0.3 is 15.7 Å². The summed E-state index contributed by atoms with van der Waals surface area (Å²) in [6, 6.07) is 7.83. The van der Waals surface area contributed by atoms with Gasteiger partial charge in [0, 0.05) is 6.54 Å². The molecule has 0 saturated carbocycles. The lowest BCUT2D eigenvalue weighted by molar-refractivity contribution is 0.0945. The summed E-state index contributed by atoms with van der Waals surface area (Å²) < 4.78 is 1.80. The van der Waals surface area contributed by atoms with Crippen LogP contribution in [0, 0.1) is 0 Å². The molecule has 1 aliphatic heterocycles. The quantitative estimate of drug-likeness (QED) is 0.766. The molecule has 128 valence electrons. The van der Waals surface area contributed by atoms with Crippen molar-refractivity contribution in [2.75, 3.05) is 13.1 Å². The van der Waals surface area contributed by atoms with Gasteiger partial charge in [-0.2, -0.15) is 0 Å². The van der Waals surface area contributed by atoms with Crippen LogP contribution in [-0.2, 0) is 6.54 Å². The summed E-state index contributed by atoms with van der Waals surface area (Å²) in [5.41, 5.74) is 2.17. The lowest BCUT2D eigenvalue weighted by atomic mass is 10.1. The number of rotatable bonds is 5. The normalized spacial score (nSPS) is 16.8. The average molecular weight is 329 g/mol. The number of aliphatic hydroxyl groups is 1. The summed E-state index contributed by atoms with van der Waals surface area (Å²) in [7, 11) is 0. The van der Waals surface area contributed by atoms with Crippen molar-refractivity contribution >= 4 is 5.91 Å². The third kappa shape index (κ3) is 3.98. The number of benzene rings is 1. The molecular formula is C17H23N5O2. The van der Waals surface area contributed by atoms with Crippen molar-refractivity contribution < 1.29 is 9.90 Å². The Morgan fingerprint density at radius 2 is 2.08 bits per heavy atom. The summed E-state index contributed by atoms with van der Waals surface area (Å²) in [6.45, 7) is 4.07. The predicted octanol–water partition coefficient (Wildman–Crippen LogP) is 1.19. The first kappa shape index (κ1) is 16.6. The predicted molar refractivity (Wildman–Crippen MR) is 89.4 cm³/mol. The van der Waals surface area contributed by atoms with Crippen LogP contribution in [0.4, 0.5) is 0 Å². The lowest BCUT2D eigenvalue weighted by Crippen LogP contribution is -2.29. The maximum absolute atomic E-state index is 12.2. The van der Waals surface area contributed by atoms with Crippen LogP contribution in [0.25, 0.3) is 0 Å². The number of nitrogens with one attached hydrogen (secondary N) is 2. The molecule has 1 aromatic carbocycles. The highest BCUT2D eigenvalue weighted by molar-refractivity contribution is 5.91. The number of aromatic nitrogens is 3. The molecule has 1 aromatic heterocycles. The molecule has 7 nitrogen and oxygen atoms in total. The molecule has 0 spiro atoms. The SMILES string of the molecule is CC(O)c1ccc(CNC(=O)c2cn(C3CCNCC3)nn2)cc1. The van der Waals surface area contributed by atoms with E-state index >= 15 is 0 Å². The number of aliphatic hydroxyl groups excluding tert-OH is 1. The van der Waals surface area contributed by atoms with Crippen molar-refractivity contribution in [3.63, 3.8) is 0 Å². The molecule has 3 N–H and O–H groups in total. The third-order valence-electron chi connectivity index (χ3n) is 4.34. The van der Waals surface area contributed by atoms with E-state index in [1.165, 1.54) is 0 Å². The Labute approximate surface area is 141 Å². The fourth-order valence-electron chi connectivity index (χ4n) is 2.82. The first-order chi connectivity index (χ1) is 11.6. The number of carbonyl (C=O) groups excluding carboxylic acids is 1. The number of carbonyl (C=O) groups is 1. The molecule has 2 aromatic rings. The zero-order valence-corrected chi connectivity index (χ0v) is 13.8. The molecule has 0 bridgehead atoms. The Morgan fingerprint density at radius 1 is 1.38 bits per heavy atom. The van der Waals surface area contributed by atoms with Crippen LogP contribution in [0.2, 0.25) is 0 Å². The Kier molecular flexibility index (Phi) is 5.22. The van der Waals surface area contributed by atoms with Crippen molar-refractivity contribution in [3.8, 4) is 0 Å². The zero-order valence-electron chi connectivity index (χ0n) is 13.8. The van der Waals surface area contributed by atoms with Crippen molar-refractivity contribution in [2.45, 2.75) is 38.5 Å². The monoisotopic (exact) mass is 329 g/mol. The smallest absolute Gasteiger partial charge is 0.273 e. The summed E-state index contributed by atoms with van der Waals surface area (Å²) >= 11 is 0. The fraction of sp³-hybridized carbons (Fsp3) is 0.471. The zero-order chi connectivity index (χ0) is 16.9. The van der Waals surface area contributed by atoms with Gasteiger partial charge in [0.1, 0.15) is 0 Å². The van der Waals surface area contributed by atoms with E-state index in [-0.39, 0.29) is 5.91 Å². The van der Waals surface area contributed by atoms with Crippen LogP contribution in [0.3, 0.4) is 0 Å². The van der Waals surface area contributed by atoms with Crippen LogP contribution in [0.15, 0.2) is 30.5 Å². The molecule has 1 unspecified atom stereocenters. The van der Waals surface area contributed by atoms with E-state index in [4.69, 9.17) is 0 Å². The second-order valence-corrected chi connectivity index (χ2v) is 6.17. The third-order valence-corrected chi connectivity index (χ3v) is 4.34. The second kappa shape index (κ2) is 7.55. The Balaban J connectivity index is 1.56. The minimum absolute atomic E-state index is 0.227. The maximum Gasteiger partial charge on any atom is 0.273 e. The topological polar surface area (TPSA) is 92.1 Å². The summed E-state index contributed by atoms with van der Waals surface area (Å²) in [4.78, 5) is 12.2. The van der Waals surface area contributed by atoms with Gasteiger partial charge in [-0.1, -0.05) is 29.5 Å². The minimum atomic E-state index is -0.487. The standard InChI is InChI=1S/C17H23N5O2/c1-12(23)14-4-2-13(3-5-14)10-19-17(24)16-11-22(21-20-16)15-6-8-18-9-7-15/h2-5,11-12,15,18,23H,6-10H2,1H3,(H,19,24). The summed E-state index contributed by atoms with van der Waals surface area (Å²) in [5, 5.41) is 23.7. The van der Waals surface area contributed by atoms with Gasteiger partial charge in [-0.25, -0.2) is 4.68 Å². The molecule has 24 heavy (non-hydrogen) atoms. The minimum Gasteiger partial charge on any atom is -0.389 e. The largest absolute Gasteiger partial charge is 0.389 e. The van der Waals surface area contributed by atoms with E-state index in [2.05, 4.69) is 20.9 Å². The van der Waals surface area contributed by atoms with Crippen LogP contribution >= 0.6 is 0 Å². The molecule has 1 atom stereocenters. The van der Waals surface area contributed by atoms with Crippen molar-refractivity contribution in [1.29, 1.82) is 0 Å². The molecule has 1 fully saturated rings. The lowest BCUT2D eigenvalue weighted by Gasteiger charge is -2.22. The number of amides is 1. The maximum atomic E-state index is 12.2. The molecule has 1 aliphatic rings. The second-order valence-electron chi connectivity index (χ2n) is 6.17. The van der Waals surface area contributed by atoms with E-state index in [1.54, 1.807) is 17.8 Å². The van der Waals surface area contributed by atoms with E-state index in [9.17, 15) is 9.90 Å². The van der Waals surface area contributed by atoms with Gasteiger partial charge in [0.15, 0.2) is 5.69 Å². The fourth-order valence-corrected chi connectivity index (χ4v) is 2.82. The van der Waals surface area contributed by atoms with Gasteiger partial charge in [0.05, 0.1) is 18.3 Å². The molecular weight excluding hydrogens is 306 g/mol. The highest BCUT2D eigenvalue weighted by Gasteiger charge is 2.18. The molecule has 7 heteroatoms. The molecule has 1 saturated heterocycles. The van der Waals surface area contributed by atoms with E-state index in [0.717, 1.165) is 37.1 Å². The number of piperidine rings is 1. The number of nitrogens with zero attached hydrogens (tertiary/aromatic N) is 3. The first-order valence-corrected chi connectivity index (χ1v) is 8.31. The van der Waals surface area contributed by atoms with Gasteiger partial charge in [-0.15, -0.1) is 5.10 Å². The molecule has 1 amide bonds.